The quantitative estimate of drug-likeness (QED) is 0.619. The van der Waals surface area contributed by atoms with Crippen LogP contribution in [-0.4, -0.2) is 4.98 Å². The Balaban J connectivity index is 2.38. The Labute approximate surface area is 59.5 Å². The van der Waals surface area contributed by atoms with Gasteiger partial charge in [-0.25, -0.2) is 0 Å². The molecular formula is C8H8N2. The molecule has 1 aromatic heterocycles. The van der Waals surface area contributed by atoms with Crippen molar-refractivity contribution in [2.45, 2.75) is 18.3 Å². The fourth-order valence-electron chi connectivity index (χ4n) is 1.21. The van der Waals surface area contributed by atoms with E-state index in [-0.39, 0.29) is 5.41 Å². The van der Waals surface area contributed by atoms with E-state index in [0.29, 0.717) is 0 Å². The molecule has 0 atom stereocenters. The van der Waals surface area contributed by atoms with E-state index in [9.17, 15) is 0 Å². The maximum Gasteiger partial charge on any atom is 0.0838 e. The topological polar surface area (TPSA) is 39.6 Å². The fraction of sp³-hybridized carbons (Fsp3) is 0.375. The summed E-state index contributed by atoms with van der Waals surface area (Å²) in [5.41, 5.74) is 1.04. The zero-order chi connectivity index (χ0) is 7.03. The molecule has 10 heavy (non-hydrogen) atoms. The lowest BCUT2D eigenvalue weighted by Crippen LogP contribution is -1.99. The smallest absolute Gasteiger partial charge is 0.0838 e. The van der Waals surface area contributed by atoms with Crippen LogP contribution in [0.2, 0.25) is 0 Å². The highest BCUT2D eigenvalue weighted by atomic mass is 14.7. The second-order valence-corrected chi connectivity index (χ2v) is 2.79. The molecule has 0 aliphatic heterocycles. The molecule has 0 radical (unpaired) electrons. The summed E-state index contributed by atoms with van der Waals surface area (Å²) in [6.07, 6.45) is 5.84. The minimum atomic E-state index is -0.111. The van der Waals surface area contributed by atoms with E-state index in [0.717, 1.165) is 18.4 Å². The van der Waals surface area contributed by atoms with Gasteiger partial charge in [0, 0.05) is 12.4 Å². The summed E-state index contributed by atoms with van der Waals surface area (Å²) in [4.78, 5) is 2.96. The molecule has 1 saturated carbocycles. The highest BCUT2D eigenvalue weighted by Crippen LogP contribution is 2.47. The Morgan fingerprint density at radius 3 is 2.80 bits per heavy atom. The van der Waals surface area contributed by atoms with Crippen LogP contribution >= 0.6 is 0 Å². The number of aromatic nitrogens is 1. The first-order valence-corrected chi connectivity index (χ1v) is 3.42. The van der Waals surface area contributed by atoms with Gasteiger partial charge in [0.25, 0.3) is 0 Å². The van der Waals surface area contributed by atoms with Gasteiger partial charge >= 0.3 is 0 Å². The summed E-state index contributed by atoms with van der Waals surface area (Å²) in [5.74, 6) is 0. The largest absolute Gasteiger partial charge is 0.367 e. The summed E-state index contributed by atoms with van der Waals surface area (Å²) in [5, 5.41) is 8.76. The van der Waals surface area contributed by atoms with Crippen LogP contribution in [0.3, 0.4) is 0 Å². The van der Waals surface area contributed by atoms with E-state index < -0.39 is 0 Å². The molecule has 0 amide bonds. The average Bonchev–Trinajstić information content (AvgIpc) is 2.58. The third-order valence-electron chi connectivity index (χ3n) is 2.11. The highest BCUT2D eigenvalue weighted by molar-refractivity contribution is 5.36. The number of nitrogens with zero attached hydrogens (tertiary/aromatic N) is 1. The summed E-state index contributed by atoms with van der Waals surface area (Å²) >= 11 is 0. The summed E-state index contributed by atoms with van der Waals surface area (Å²) in [6, 6.07) is 4.32. The molecule has 0 spiro atoms. The van der Waals surface area contributed by atoms with Crippen molar-refractivity contribution in [1.82, 2.24) is 4.98 Å². The molecule has 0 saturated heterocycles. The Hall–Kier alpha value is -1.23. The average molecular weight is 132 g/mol. The monoisotopic (exact) mass is 132 g/mol. The Morgan fingerprint density at radius 1 is 1.60 bits per heavy atom. The van der Waals surface area contributed by atoms with Gasteiger partial charge in [0.05, 0.1) is 11.5 Å². The number of aromatic amines is 1. The third-order valence-corrected chi connectivity index (χ3v) is 2.11. The van der Waals surface area contributed by atoms with Gasteiger partial charge in [-0.15, -0.1) is 0 Å². The minimum Gasteiger partial charge on any atom is -0.367 e. The predicted molar refractivity (Wildman–Crippen MR) is 37.3 cm³/mol. The van der Waals surface area contributed by atoms with Crippen molar-refractivity contribution >= 4 is 0 Å². The summed E-state index contributed by atoms with van der Waals surface area (Å²) in [6.45, 7) is 0. The number of hydrogen-bond acceptors (Lipinski definition) is 1. The molecule has 0 aromatic carbocycles. The van der Waals surface area contributed by atoms with Crippen molar-refractivity contribution < 1.29 is 0 Å². The molecule has 2 nitrogen and oxygen atoms in total. The van der Waals surface area contributed by atoms with Crippen LogP contribution < -0.4 is 0 Å². The molecule has 1 aliphatic rings. The number of nitrogens with one attached hydrogen (secondary N) is 1. The SMILES string of the molecule is N#CC1(c2cc[nH]c2)CC1. The van der Waals surface area contributed by atoms with Crippen molar-refractivity contribution in [3.05, 3.63) is 24.0 Å². The van der Waals surface area contributed by atoms with Crippen LogP contribution in [0, 0.1) is 11.3 Å². The number of rotatable bonds is 1. The van der Waals surface area contributed by atoms with Gasteiger partial charge in [0.15, 0.2) is 0 Å². The molecule has 0 unspecified atom stereocenters. The van der Waals surface area contributed by atoms with E-state index in [1.165, 1.54) is 0 Å². The molecule has 2 heteroatoms. The molecule has 1 N–H and O–H groups in total. The molecule has 1 aliphatic carbocycles. The maximum absolute atomic E-state index is 8.76. The second kappa shape index (κ2) is 1.63. The lowest BCUT2D eigenvalue weighted by Gasteiger charge is -1.98. The second-order valence-electron chi connectivity index (χ2n) is 2.79. The minimum absolute atomic E-state index is 0.111. The van der Waals surface area contributed by atoms with Gasteiger partial charge in [0.2, 0.25) is 0 Å². The highest BCUT2D eigenvalue weighted by Gasteiger charge is 2.44. The number of H-pyrrole nitrogens is 1. The fourth-order valence-corrected chi connectivity index (χ4v) is 1.21. The van der Waals surface area contributed by atoms with Crippen molar-refractivity contribution in [3.8, 4) is 6.07 Å². The van der Waals surface area contributed by atoms with E-state index in [4.69, 9.17) is 5.26 Å². The first-order valence-electron chi connectivity index (χ1n) is 3.42. The van der Waals surface area contributed by atoms with Crippen molar-refractivity contribution in [3.63, 3.8) is 0 Å². The first kappa shape index (κ1) is 5.55. The van der Waals surface area contributed by atoms with Crippen molar-refractivity contribution in [2.75, 3.05) is 0 Å². The Bertz CT molecular complexity index is 262. The molecule has 1 aromatic rings. The third kappa shape index (κ3) is 0.577. The van der Waals surface area contributed by atoms with Gasteiger partial charge in [0.1, 0.15) is 0 Å². The van der Waals surface area contributed by atoms with E-state index >= 15 is 0 Å². The molecular weight excluding hydrogens is 124 g/mol. The number of hydrogen-bond donors (Lipinski definition) is 1. The van der Waals surface area contributed by atoms with Gasteiger partial charge in [-0.1, -0.05) is 0 Å². The van der Waals surface area contributed by atoms with Crippen LogP contribution in [0.4, 0.5) is 0 Å². The summed E-state index contributed by atoms with van der Waals surface area (Å²) in [7, 11) is 0. The Kier molecular flexibility index (Phi) is 0.906. The number of nitriles is 1. The van der Waals surface area contributed by atoms with Crippen LogP contribution in [-0.2, 0) is 5.41 Å². The van der Waals surface area contributed by atoms with Gasteiger partial charge in [-0.3, -0.25) is 0 Å². The van der Waals surface area contributed by atoms with Crippen molar-refractivity contribution in [2.24, 2.45) is 0 Å². The van der Waals surface area contributed by atoms with Gasteiger partial charge < -0.3 is 4.98 Å². The lowest BCUT2D eigenvalue weighted by molar-refractivity contribution is 0.911. The van der Waals surface area contributed by atoms with E-state index in [2.05, 4.69) is 11.1 Å². The molecule has 1 fully saturated rings. The molecule has 2 rings (SSSR count). The van der Waals surface area contributed by atoms with Crippen molar-refractivity contribution in [1.29, 1.82) is 5.26 Å². The van der Waals surface area contributed by atoms with Crippen LogP contribution in [0.25, 0.3) is 0 Å². The Morgan fingerprint density at radius 2 is 2.40 bits per heavy atom. The summed E-state index contributed by atoms with van der Waals surface area (Å²) < 4.78 is 0. The zero-order valence-corrected chi connectivity index (χ0v) is 5.59. The predicted octanol–water partition coefficient (Wildman–Crippen LogP) is 1.57. The first-order chi connectivity index (χ1) is 4.87. The van der Waals surface area contributed by atoms with Crippen LogP contribution in [0.15, 0.2) is 18.5 Å². The normalized spacial score (nSPS) is 19.9. The van der Waals surface area contributed by atoms with Crippen LogP contribution in [0.1, 0.15) is 18.4 Å². The molecule has 1 heterocycles. The maximum atomic E-state index is 8.76. The van der Waals surface area contributed by atoms with E-state index in [1.54, 1.807) is 0 Å². The van der Waals surface area contributed by atoms with Crippen LogP contribution in [0.5, 0.6) is 0 Å². The lowest BCUT2D eigenvalue weighted by atomic mass is 10.0. The molecule has 0 bridgehead atoms. The standard InChI is InChI=1S/C8H8N2/c9-6-8(2-3-8)7-1-4-10-5-7/h1,4-5,10H,2-3H2. The van der Waals surface area contributed by atoms with Gasteiger partial charge in [-0.2, -0.15) is 5.26 Å². The van der Waals surface area contributed by atoms with Gasteiger partial charge in [-0.05, 0) is 24.5 Å². The zero-order valence-electron chi connectivity index (χ0n) is 5.59. The van der Waals surface area contributed by atoms with E-state index in [1.807, 2.05) is 18.5 Å². The molecule has 50 valence electrons.